The molecule has 0 radical (unpaired) electrons. The molecule has 88 valence electrons. The molecule has 5 heteroatoms. The zero-order valence-electron chi connectivity index (χ0n) is 9.33. The normalized spacial score (nSPS) is 16.5. The van der Waals surface area contributed by atoms with Crippen molar-refractivity contribution in [2.45, 2.75) is 32.6 Å². The third-order valence-corrected chi connectivity index (χ3v) is 3.27. The highest BCUT2D eigenvalue weighted by Crippen LogP contribution is 2.21. The molecule has 2 rings (SSSR count). The highest BCUT2D eigenvalue weighted by Gasteiger charge is 2.20. The monoisotopic (exact) mass is 242 g/mol. The van der Waals surface area contributed by atoms with Gasteiger partial charge in [0, 0.05) is 18.7 Å². The minimum atomic E-state index is 0.118. The second kappa shape index (κ2) is 4.87. The first kappa shape index (κ1) is 11.5. The molecule has 0 aliphatic carbocycles. The first-order chi connectivity index (χ1) is 7.68. The molecule has 0 saturated carbocycles. The fraction of sp³-hybridized carbons (Fsp3) is 0.636. The Bertz CT molecular complexity index is 364. The number of nitrogens with zero attached hydrogens (tertiary/aromatic N) is 2. The minimum absolute atomic E-state index is 0.118. The van der Waals surface area contributed by atoms with Gasteiger partial charge in [-0.15, -0.1) is 0 Å². The Hall–Kier alpha value is -1.03. The lowest BCUT2D eigenvalue weighted by Crippen LogP contribution is -2.36. The highest BCUT2D eigenvalue weighted by atomic mass is 35.5. The van der Waals surface area contributed by atoms with Gasteiger partial charge >= 0.3 is 0 Å². The molecular formula is C11H15ClN2O2. The number of carbonyl (C=O) groups excluding carboxylic acids is 1. The van der Waals surface area contributed by atoms with Gasteiger partial charge in [-0.25, -0.2) is 0 Å². The number of likely N-dealkylation sites (tertiary alicyclic amines) is 1. The van der Waals surface area contributed by atoms with Crippen LogP contribution in [0.3, 0.4) is 0 Å². The summed E-state index contributed by atoms with van der Waals surface area (Å²) >= 11 is 5.83. The predicted molar refractivity (Wildman–Crippen MR) is 60.4 cm³/mol. The molecule has 1 amide bonds. The van der Waals surface area contributed by atoms with Crippen LogP contribution < -0.4 is 0 Å². The van der Waals surface area contributed by atoms with Gasteiger partial charge in [0.2, 0.25) is 11.1 Å². The lowest BCUT2D eigenvalue weighted by atomic mass is 10.1. The van der Waals surface area contributed by atoms with E-state index in [9.17, 15) is 4.79 Å². The van der Waals surface area contributed by atoms with Gasteiger partial charge in [0.05, 0.1) is 12.1 Å². The first-order valence-electron chi connectivity index (χ1n) is 5.57. The van der Waals surface area contributed by atoms with Crippen LogP contribution in [-0.4, -0.2) is 29.1 Å². The average Bonchev–Trinajstić information content (AvgIpc) is 2.62. The van der Waals surface area contributed by atoms with Crippen LogP contribution >= 0.6 is 11.6 Å². The van der Waals surface area contributed by atoms with Crippen LogP contribution in [0.25, 0.3) is 0 Å². The number of halogens is 1. The van der Waals surface area contributed by atoms with E-state index < -0.39 is 0 Å². The minimum Gasteiger partial charge on any atom is -0.344 e. The van der Waals surface area contributed by atoms with Crippen LogP contribution in [0.5, 0.6) is 0 Å². The van der Waals surface area contributed by atoms with Crippen molar-refractivity contribution >= 4 is 17.5 Å². The summed E-state index contributed by atoms with van der Waals surface area (Å²) in [5.41, 5.74) is 1.42. The van der Waals surface area contributed by atoms with E-state index in [0.717, 1.165) is 31.5 Å². The Morgan fingerprint density at radius 2 is 2.12 bits per heavy atom. The van der Waals surface area contributed by atoms with E-state index in [2.05, 4.69) is 5.16 Å². The van der Waals surface area contributed by atoms with E-state index in [1.807, 2.05) is 4.90 Å². The van der Waals surface area contributed by atoms with Gasteiger partial charge < -0.3 is 9.42 Å². The molecular weight excluding hydrogens is 228 g/mol. The summed E-state index contributed by atoms with van der Waals surface area (Å²) in [6.07, 6.45) is 3.72. The smallest absolute Gasteiger partial charge is 0.229 e. The summed E-state index contributed by atoms with van der Waals surface area (Å²) in [5.74, 6) is 0.118. The Labute approximate surface area is 99.5 Å². The molecule has 2 heterocycles. The largest absolute Gasteiger partial charge is 0.344 e. The van der Waals surface area contributed by atoms with Gasteiger partial charge in [-0.05, 0) is 37.8 Å². The first-order valence-corrected chi connectivity index (χ1v) is 5.94. The van der Waals surface area contributed by atoms with Crippen LogP contribution in [0.2, 0.25) is 5.22 Å². The Kier molecular flexibility index (Phi) is 3.49. The number of hydrogen-bond acceptors (Lipinski definition) is 3. The number of rotatable bonds is 2. The second-order valence-corrected chi connectivity index (χ2v) is 4.48. The van der Waals surface area contributed by atoms with Gasteiger partial charge in [-0.2, -0.15) is 0 Å². The molecule has 0 atom stereocenters. The maximum Gasteiger partial charge on any atom is 0.229 e. The Morgan fingerprint density at radius 1 is 1.44 bits per heavy atom. The van der Waals surface area contributed by atoms with Crippen molar-refractivity contribution in [1.29, 1.82) is 0 Å². The number of aromatic nitrogens is 1. The van der Waals surface area contributed by atoms with Crippen LogP contribution in [-0.2, 0) is 11.2 Å². The van der Waals surface area contributed by atoms with Gasteiger partial charge in [0.25, 0.3) is 0 Å². The van der Waals surface area contributed by atoms with Gasteiger partial charge in [-0.1, -0.05) is 5.16 Å². The SMILES string of the molecule is Cc1noc(Cl)c1CC(=O)N1CCCCC1. The van der Waals surface area contributed by atoms with Crippen molar-refractivity contribution < 1.29 is 9.32 Å². The quantitative estimate of drug-likeness (QED) is 0.799. The van der Waals surface area contributed by atoms with Crippen LogP contribution in [0.15, 0.2) is 4.52 Å². The Morgan fingerprint density at radius 3 is 2.69 bits per heavy atom. The number of carbonyl (C=O) groups is 1. The summed E-state index contributed by atoms with van der Waals surface area (Å²) in [7, 11) is 0. The summed E-state index contributed by atoms with van der Waals surface area (Å²) in [6.45, 7) is 3.52. The molecule has 0 unspecified atom stereocenters. The lowest BCUT2D eigenvalue weighted by molar-refractivity contribution is -0.131. The van der Waals surface area contributed by atoms with Gasteiger partial charge in [-0.3, -0.25) is 4.79 Å². The summed E-state index contributed by atoms with van der Waals surface area (Å²) in [6, 6.07) is 0. The maximum absolute atomic E-state index is 12.0. The van der Waals surface area contributed by atoms with E-state index in [1.165, 1.54) is 6.42 Å². The fourth-order valence-corrected chi connectivity index (χ4v) is 2.20. The maximum atomic E-state index is 12.0. The van der Waals surface area contributed by atoms with E-state index in [4.69, 9.17) is 16.1 Å². The van der Waals surface area contributed by atoms with Gasteiger partial charge in [0.15, 0.2) is 0 Å². The highest BCUT2D eigenvalue weighted by molar-refractivity contribution is 6.29. The predicted octanol–water partition coefficient (Wildman–Crippen LogP) is 2.19. The molecule has 1 fully saturated rings. The number of piperidine rings is 1. The van der Waals surface area contributed by atoms with Crippen LogP contribution in [0, 0.1) is 6.92 Å². The van der Waals surface area contributed by atoms with Crippen LogP contribution in [0.1, 0.15) is 30.5 Å². The van der Waals surface area contributed by atoms with E-state index >= 15 is 0 Å². The van der Waals surface area contributed by atoms with E-state index in [0.29, 0.717) is 12.1 Å². The van der Waals surface area contributed by atoms with Crippen molar-refractivity contribution in [2.75, 3.05) is 13.1 Å². The molecule has 16 heavy (non-hydrogen) atoms. The zero-order valence-corrected chi connectivity index (χ0v) is 10.1. The van der Waals surface area contributed by atoms with E-state index in [1.54, 1.807) is 6.92 Å². The molecule has 0 spiro atoms. The Balaban J connectivity index is 2.01. The van der Waals surface area contributed by atoms with E-state index in [-0.39, 0.29) is 11.1 Å². The molecule has 1 aromatic rings. The average molecular weight is 243 g/mol. The summed E-state index contributed by atoms with van der Waals surface area (Å²) < 4.78 is 4.83. The lowest BCUT2D eigenvalue weighted by Gasteiger charge is -2.26. The number of hydrogen-bond donors (Lipinski definition) is 0. The van der Waals surface area contributed by atoms with Crippen molar-refractivity contribution in [2.24, 2.45) is 0 Å². The zero-order chi connectivity index (χ0) is 11.5. The molecule has 1 aromatic heterocycles. The topological polar surface area (TPSA) is 46.3 Å². The van der Waals surface area contributed by atoms with Gasteiger partial charge in [0.1, 0.15) is 0 Å². The summed E-state index contributed by atoms with van der Waals surface area (Å²) in [5, 5.41) is 3.98. The third kappa shape index (κ3) is 2.38. The summed E-state index contributed by atoms with van der Waals surface area (Å²) in [4.78, 5) is 13.9. The standard InChI is InChI=1S/C11H15ClN2O2/c1-8-9(11(12)16-13-8)7-10(15)14-5-3-2-4-6-14/h2-7H2,1H3. The molecule has 0 N–H and O–H groups in total. The molecule has 0 bridgehead atoms. The number of aryl methyl sites for hydroxylation is 1. The fourth-order valence-electron chi connectivity index (χ4n) is 1.96. The van der Waals surface area contributed by atoms with Crippen molar-refractivity contribution in [3.63, 3.8) is 0 Å². The molecule has 0 aromatic carbocycles. The van der Waals surface area contributed by atoms with Crippen LogP contribution in [0.4, 0.5) is 0 Å². The molecule has 1 aliphatic rings. The van der Waals surface area contributed by atoms with Crippen molar-refractivity contribution in [3.05, 3.63) is 16.5 Å². The molecule has 1 aliphatic heterocycles. The van der Waals surface area contributed by atoms with Crippen molar-refractivity contribution in [1.82, 2.24) is 10.1 Å². The molecule has 1 saturated heterocycles. The molecule has 4 nitrogen and oxygen atoms in total. The number of amides is 1. The third-order valence-electron chi connectivity index (χ3n) is 2.97. The second-order valence-electron chi connectivity index (χ2n) is 4.14. The van der Waals surface area contributed by atoms with Crippen molar-refractivity contribution in [3.8, 4) is 0 Å².